The van der Waals surface area contributed by atoms with Crippen LogP contribution in [0.4, 0.5) is 5.69 Å². The highest BCUT2D eigenvalue weighted by molar-refractivity contribution is 5.82. The van der Waals surface area contributed by atoms with Gasteiger partial charge in [0.1, 0.15) is 0 Å². The molecule has 3 N–H and O–H groups in total. The van der Waals surface area contributed by atoms with Crippen LogP contribution in [0, 0.1) is 16.0 Å². The summed E-state index contributed by atoms with van der Waals surface area (Å²) in [4.78, 5) is 36.3. The maximum Gasteiger partial charge on any atom is 0.310 e. The number of nitrogens with two attached hydrogens (primary N) is 1. The molecule has 1 atom stereocenters. The number of carbonyl (C=O) groups is 2. The molecule has 9 heteroatoms. The fraction of sp³-hybridized carbons (Fsp3) is 0.500. The molecule has 1 saturated heterocycles. The Bertz CT molecular complexity index is 637. The smallest absolute Gasteiger partial charge is 0.310 e. The molecule has 0 aliphatic carbocycles. The summed E-state index contributed by atoms with van der Waals surface area (Å²) in [5.74, 6) is -0.623. The molecule has 2 amide bonds. The number of rotatable bonds is 7. The minimum Gasteiger partial charge on any atom is -0.477 e. The number of hydrogen-bond donors (Lipinski definition) is 2. The van der Waals surface area contributed by atoms with Crippen LogP contribution >= 0.6 is 0 Å². The monoisotopic (exact) mass is 350 g/mol. The lowest BCUT2D eigenvalue weighted by Gasteiger charge is -2.32. The molecule has 2 rings (SSSR count). The van der Waals surface area contributed by atoms with Gasteiger partial charge >= 0.3 is 5.69 Å². The number of benzene rings is 1. The average molecular weight is 350 g/mol. The normalized spacial score (nSPS) is 17.0. The Balaban J connectivity index is 1.90. The molecule has 0 aromatic heterocycles. The minimum absolute atomic E-state index is 0.0510. The maximum absolute atomic E-state index is 12.3. The number of piperidine rings is 1. The molecule has 1 fully saturated rings. The van der Waals surface area contributed by atoms with Crippen molar-refractivity contribution < 1.29 is 19.2 Å². The summed E-state index contributed by atoms with van der Waals surface area (Å²) in [6, 6.07) is 5.90. The van der Waals surface area contributed by atoms with Crippen molar-refractivity contribution in [2.24, 2.45) is 11.7 Å². The van der Waals surface area contributed by atoms with Gasteiger partial charge in [-0.1, -0.05) is 12.1 Å². The maximum atomic E-state index is 12.3. The third-order valence-electron chi connectivity index (χ3n) is 4.00. The zero-order valence-electron chi connectivity index (χ0n) is 13.8. The first-order valence-corrected chi connectivity index (χ1v) is 8.14. The number of nitrogens with one attached hydrogen (secondary N) is 1. The lowest BCUT2D eigenvalue weighted by atomic mass is 9.97. The molecule has 25 heavy (non-hydrogen) atoms. The zero-order chi connectivity index (χ0) is 18.2. The van der Waals surface area contributed by atoms with E-state index in [0.29, 0.717) is 32.6 Å². The average Bonchev–Trinajstić information content (AvgIpc) is 2.64. The van der Waals surface area contributed by atoms with Crippen LogP contribution < -0.4 is 15.8 Å². The summed E-state index contributed by atoms with van der Waals surface area (Å²) in [7, 11) is 0. The fourth-order valence-electron chi connectivity index (χ4n) is 2.72. The first-order chi connectivity index (χ1) is 12.0. The van der Waals surface area contributed by atoms with Gasteiger partial charge in [0, 0.05) is 32.2 Å². The molecular formula is C16H22N4O5. The van der Waals surface area contributed by atoms with Gasteiger partial charge in [0.05, 0.1) is 10.8 Å². The Labute approximate surface area is 145 Å². The van der Waals surface area contributed by atoms with E-state index in [2.05, 4.69) is 5.32 Å². The predicted octanol–water partition coefficient (Wildman–Crippen LogP) is 0.287. The number of hydrogen-bond acceptors (Lipinski definition) is 6. The quantitative estimate of drug-likeness (QED) is 0.537. The van der Waals surface area contributed by atoms with E-state index in [4.69, 9.17) is 10.5 Å². The number of nitro groups is 1. The molecule has 1 unspecified atom stereocenters. The van der Waals surface area contributed by atoms with E-state index >= 15 is 0 Å². The van der Waals surface area contributed by atoms with Crippen molar-refractivity contribution in [2.45, 2.75) is 12.8 Å². The molecule has 0 saturated carbocycles. The first kappa shape index (κ1) is 18.7. The first-order valence-electron chi connectivity index (χ1n) is 8.14. The standard InChI is InChI=1S/C16H22N4O5/c17-7-8-18-16(22)12-4-3-9-19(10-12)15(21)11-25-14-6-2-1-5-13(14)20(23)24/h1-2,5-6,12H,3-4,7-11,17H2,(H,18,22). The fourth-order valence-corrected chi connectivity index (χ4v) is 2.72. The summed E-state index contributed by atoms with van der Waals surface area (Å²) in [5, 5.41) is 13.7. The Morgan fingerprint density at radius 2 is 2.16 bits per heavy atom. The highest BCUT2D eigenvalue weighted by atomic mass is 16.6. The van der Waals surface area contributed by atoms with Gasteiger partial charge in [-0.05, 0) is 18.9 Å². The summed E-state index contributed by atoms with van der Waals surface area (Å²) in [6.45, 7) is 1.33. The summed E-state index contributed by atoms with van der Waals surface area (Å²) < 4.78 is 5.32. The number of likely N-dealkylation sites (tertiary alicyclic amines) is 1. The second-order valence-corrected chi connectivity index (χ2v) is 5.77. The van der Waals surface area contributed by atoms with Gasteiger partial charge < -0.3 is 20.7 Å². The number of ether oxygens (including phenoxy) is 1. The second-order valence-electron chi connectivity index (χ2n) is 5.77. The van der Waals surface area contributed by atoms with E-state index in [0.717, 1.165) is 6.42 Å². The lowest BCUT2D eigenvalue weighted by Crippen LogP contribution is -2.47. The number of carbonyl (C=O) groups excluding carboxylic acids is 2. The molecule has 1 aromatic carbocycles. The van der Waals surface area contributed by atoms with E-state index in [-0.39, 0.29) is 35.8 Å². The SMILES string of the molecule is NCCNC(=O)C1CCCN(C(=O)COc2ccccc2[N+](=O)[O-])C1. The van der Waals surface area contributed by atoms with E-state index in [1.807, 2.05) is 0 Å². The number of amides is 2. The Morgan fingerprint density at radius 1 is 1.40 bits per heavy atom. The van der Waals surface area contributed by atoms with Gasteiger partial charge in [0.25, 0.3) is 5.91 Å². The van der Waals surface area contributed by atoms with E-state index < -0.39 is 4.92 Å². The van der Waals surface area contributed by atoms with Gasteiger partial charge in [-0.3, -0.25) is 19.7 Å². The van der Waals surface area contributed by atoms with Gasteiger partial charge in [-0.2, -0.15) is 0 Å². The molecule has 1 aliphatic rings. The third kappa shape index (κ3) is 5.15. The van der Waals surface area contributed by atoms with Crippen molar-refractivity contribution in [1.29, 1.82) is 0 Å². The van der Waals surface area contributed by atoms with E-state index in [1.165, 1.54) is 18.2 Å². The van der Waals surface area contributed by atoms with Crippen molar-refractivity contribution in [2.75, 3.05) is 32.8 Å². The highest BCUT2D eigenvalue weighted by Crippen LogP contribution is 2.26. The summed E-state index contributed by atoms with van der Waals surface area (Å²) >= 11 is 0. The number of nitro benzene ring substituents is 1. The minimum atomic E-state index is -0.557. The van der Waals surface area contributed by atoms with E-state index in [9.17, 15) is 19.7 Å². The van der Waals surface area contributed by atoms with Crippen LogP contribution in [0.3, 0.4) is 0 Å². The van der Waals surface area contributed by atoms with Gasteiger partial charge in [0.15, 0.2) is 12.4 Å². The Hall–Kier alpha value is -2.68. The number of para-hydroxylation sites is 2. The molecule has 1 aliphatic heterocycles. The van der Waals surface area contributed by atoms with Crippen molar-refractivity contribution >= 4 is 17.5 Å². The molecular weight excluding hydrogens is 328 g/mol. The molecule has 0 bridgehead atoms. The zero-order valence-corrected chi connectivity index (χ0v) is 13.8. The Morgan fingerprint density at radius 3 is 2.88 bits per heavy atom. The van der Waals surface area contributed by atoms with E-state index in [1.54, 1.807) is 11.0 Å². The molecule has 0 radical (unpaired) electrons. The van der Waals surface area contributed by atoms with Crippen LogP contribution in [0.2, 0.25) is 0 Å². The highest BCUT2D eigenvalue weighted by Gasteiger charge is 2.28. The van der Waals surface area contributed by atoms with Crippen LogP contribution in [-0.4, -0.2) is 54.4 Å². The van der Waals surface area contributed by atoms with Gasteiger partial charge in [-0.25, -0.2) is 0 Å². The number of nitrogens with zero attached hydrogens (tertiary/aromatic N) is 2. The summed E-state index contributed by atoms with van der Waals surface area (Å²) in [6.07, 6.45) is 1.43. The molecule has 0 spiro atoms. The molecule has 136 valence electrons. The van der Waals surface area contributed by atoms with Crippen LogP contribution in [0.1, 0.15) is 12.8 Å². The Kier molecular flexibility index (Phi) is 6.70. The van der Waals surface area contributed by atoms with Crippen LogP contribution in [0.25, 0.3) is 0 Å². The topological polar surface area (TPSA) is 128 Å². The van der Waals surface area contributed by atoms with Crippen molar-refractivity contribution in [3.63, 3.8) is 0 Å². The van der Waals surface area contributed by atoms with Crippen molar-refractivity contribution in [1.82, 2.24) is 10.2 Å². The van der Waals surface area contributed by atoms with Crippen LogP contribution in [0.15, 0.2) is 24.3 Å². The van der Waals surface area contributed by atoms with Gasteiger partial charge in [-0.15, -0.1) is 0 Å². The summed E-state index contributed by atoms with van der Waals surface area (Å²) in [5.41, 5.74) is 5.18. The predicted molar refractivity (Wildman–Crippen MR) is 90.0 cm³/mol. The van der Waals surface area contributed by atoms with Gasteiger partial charge in [0.2, 0.25) is 5.91 Å². The van der Waals surface area contributed by atoms with Crippen LogP contribution in [0.5, 0.6) is 5.75 Å². The molecule has 1 aromatic rings. The van der Waals surface area contributed by atoms with Crippen molar-refractivity contribution in [3.8, 4) is 5.75 Å². The molecule has 9 nitrogen and oxygen atoms in total. The second kappa shape index (κ2) is 8.97. The lowest BCUT2D eigenvalue weighted by molar-refractivity contribution is -0.385. The van der Waals surface area contributed by atoms with Crippen molar-refractivity contribution in [3.05, 3.63) is 34.4 Å². The largest absolute Gasteiger partial charge is 0.477 e. The molecule has 1 heterocycles. The third-order valence-corrected chi connectivity index (χ3v) is 4.00. The van der Waals surface area contributed by atoms with Crippen LogP contribution in [-0.2, 0) is 9.59 Å².